The molecule has 8 heteroatoms. The molecule has 0 atom stereocenters. The molecule has 118 valence electrons. The Morgan fingerprint density at radius 2 is 1.86 bits per heavy atom. The molecule has 0 aromatic heterocycles. The fraction of sp³-hybridized carbons (Fsp3) is 0.462. The van der Waals surface area contributed by atoms with Crippen molar-refractivity contribution in [2.24, 2.45) is 0 Å². The van der Waals surface area contributed by atoms with Gasteiger partial charge >= 0.3 is 6.09 Å². The second kappa shape index (κ2) is 6.77. The van der Waals surface area contributed by atoms with Crippen LogP contribution in [-0.4, -0.2) is 33.2 Å². The number of sulfonamides is 1. The van der Waals surface area contributed by atoms with Crippen LogP contribution in [0.4, 0.5) is 10.5 Å². The van der Waals surface area contributed by atoms with Gasteiger partial charge in [0.15, 0.2) is 0 Å². The van der Waals surface area contributed by atoms with Gasteiger partial charge in [-0.2, -0.15) is 0 Å². The number of carbonyl (C=O) groups is 1. The SMILES string of the molecule is CC(C)(C)OC(=O)NCCNS(=O)(=O)c1ccccc1N. The number of alkyl carbamates (subject to hydrolysis) is 1. The fourth-order valence-electron chi connectivity index (χ4n) is 1.47. The Kier molecular flexibility index (Phi) is 5.56. The molecule has 1 rings (SSSR count). The summed E-state index contributed by atoms with van der Waals surface area (Å²) in [6.07, 6.45) is -0.596. The van der Waals surface area contributed by atoms with Crippen molar-refractivity contribution in [2.75, 3.05) is 18.8 Å². The first-order valence-corrected chi connectivity index (χ1v) is 7.91. The molecule has 4 N–H and O–H groups in total. The molecule has 1 aromatic rings. The summed E-state index contributed by atoms with van der Waals surface area (Å²) in [5.41, 5.74) is 5.20. The Morgan fingerprint density at radius 1 is 1.24 bits per heavy atom. The fourth-order valence-corrected chi connectivity index (χ4v) is 2.63. The van der Waals surface area contributed by atoms with Gasteiger partial charge in [0.05, 0.1) is 5.69 Å². The molecule has 0 saturated carbocycles. The van der Waals surface area contributed by atoms with Crippen LogP contribution >= 0.6 is 0 Å². The van der Waals surface area contributed by atoms with Crippen molar-refractivity contribution in [3.63, 3.8) is 0 Å². The molecular weight excluding hydrogens is 294 g/mol. The van der Waals surface area contributed by atoms with Gasteiger partial charge in [0.25, 0.3) is 0 Å². The average molecular weight is 315 g/mol. The van der Waals surface area contributed by atoms with Gasteiger partial charge < -0.3 is 15.8 Å². The minimum atomic E-state index is -3.69. The van der Waals surface area contributed by atoms with Crippen LogP contribution in [0, 0.1) is 0 Å². The molecule has 0 unspecified atom stereocenters. The molecule has 21 heavy (non-hydrogen) atoms. The number of nitrogens with one attached hydrogen (secondary N) is 2. The Morgan fingerprint density at radius 3 is 2.43 bits per heavy atom. The molecule has 0 fully saturated rings. The summed E-state index contributed by atoms with van der Waals surface area (Å²) >= 11 is 0. The van der Waals surface area contributed by atoms with Gasteiger partial charge in [0.1, 0.15) is 10.5 Å². The van der Waals surface area contributed by atoms with Crippen molar-refractivity contribution in [3.8, 4) is 0 Å². The predicted molar refractivity (Wildman–Crippen MR) is 80.3 cm³/mol. The Labute approximate surface area is 124 Å². The first-order chi connectivity index (χ1) is 9.62. The molecule has 0 heterocycles. The molecular formula is C13H21N3O4S. The van der Waals surface area contributed by atoms with E-state index in [2.05, 4.69) is 10.0 Å². The third kappa shape index (κ3) is 6.01. The topological polar surface area (TPSA) is 111 Å². The minimum Gasteiger partial charge on any atom is -0.444 e. The average Bonchev–Trinajstić information content (AvgIpc) is 2.33. The summed E-state index contributed by atoms with van der Waals surface area (Å²) in [4.78, 5) is 11.4. The first kappa shape index (κ1) is 17.3. The highest BCUT2D eigenvalue weighted by Crippen LogP contribution is 2.16. The maximum absolute atomic E-state index is 12.0. The van der Waals surface area contributed by atoms with Gasteiger partial charge in [0, 0.05) is 13.1 Å². The summed E-state index contributed by atoms with van der Waals surface area (Å²) in [6, 6.07) is 6.16. The minimum absolute atomic E-state index is 0.0160. The number of ether oxygens (including phenoxy) is 1. The summed E-state index contributed by atoms with van der Waals surface area (Å²) in [7, 11) is -3.69. The summed E-state index contributed by atoms with van der Waals surface area (Å²) in [5, 5.41) is 2.46. The lowest BCUT2D eigenvalue weighted by molar-refractivity contribution is 0.0529. The van der Waals surface area contributed by atoms with Crippen LogP contribution in [0.15, 0.2) is 29.2 Å². The normalized spacial score (nSPS) is 12.0. The highest BCUT2D eigenvalue weighted by molar-refractivity contribution is 7.89. The number of amides is 1. The van der Waals surface area contributed by atoms with Gasteiger partial charge in [-0.25, -0.2) is 17.9 Å². The largest absolute Gasteiger partial charge is 0.444 e. The van der Waals surface area contributed by atoms with Gasteiger partial charge in [-0.1, -0.05) is 12.1 Å². The zero-order chi connectivity index (χ0) is 16.1. The number of anilines is 1. The first-order valence-electron chi connectivity index (χ1n) is 6.43. The number of carbonyl (C=O) groups excluding carboxylic acids is 1. The number of hydrogen-bond acceptors (Lipinski definition) is 5. The zero-order valence-corrected chi connectivity index (χ0v) is 13.2. The maximum Gasteiger partial charge on any atom is 0.407 e. The molecule has 7 nitrogen and oxygen atoms in total. The zero-order valence-electron chi connectivity index (χ0n) is 12.3. The smallest absolute Gasteiger partial charge is 0.407 e. The molecule has 0 aliphatic rings. The number of benzene rings is 1. The van der Waals surface area contributed by atoms with E-state index in [9.17, 15) is 13.2 Å². The van der Waals surface area contributed by atoms with Crippen molar-refractivity contribution in [1.82, 2.24) is 10.0 Å². The summed E-state index contributed by atoms with van der Waals surface area (Å²) in [5.74, 6) is 0. The lowest BCUT2D eigenvalue weighted by Gasteiger charge is -2.19. The van der Waals surface area contributed by atoms with Crippen LogP contribution in [-0.2, 0) is 14.8 Å². The van der Waals surface area contributed by atoms with E-state index in [-0.39, 0.29) is 23.7 Å². The molecule has 1 aromatic carbocycles. The van der Waals surface area contributed by atoms with Crippen LogP contribution in [0.5, 0.6) is 0 Å². The van der Waals surface area contributed by atoms with Crippen LogP contribution in [0.25, 0.3) is 0 Å². The highest BCUT2D eigenvalue weighted by atomic mass is 32.2. The molecule has 0 spiro atoms. The molecule has 0 saturated heterocycles. The van der Waals surface area contributed by atoms with Crippen LogP contribution in [0.3, 0.4) is 0 Å². The molecule has 0 aliphatic heterocycles. The number of para-hydroxylation sites is 1. The van der Waals surface area contributed by atoms with E-state index in [0.717, 1.165) is 0 Å². The Bertz CT molecular complexity index is 594. The predicted octanol–water partition coefficient (Wildman–Crippen LogP) is 1.07. The van der Waals surface area contributed by atoms with E-state index in [1.165, 1.54) is 12.1 Å². The van der Waals surface area contributed by atoms with Crippen LogP contribution < -0.4 is 15.8 Å². The molecule has 0 aliphatic carbocycles. The third-order valence-electron chi connectivity index (χ3n) is 2.29. The molecule has 0 bridgehead atoms. The van der Waals surface area contributed by atoms with Gasteiger partial charge in [-0.05, 0) is 32.9 Å². The third-order valence-corrected chi connectivity index (χ3v) is 3.83. The molecule has 1 amide bonds. The van der Waals surface area contributed by atoms with E-state index in [1.807, 2.05) is 0 Å². The van der Waals surface area contributed by atoms with E-state index in [0.29, 0.717) is 0 Å². The van der Waals surface area contributed by atoms with Crippen molar-refractivity contribution >= 4 is 21.8 Å². The number of rotatable bonds is 5. The second-order valence-electron chi connectivity index (χ2n) is 5.36. The van der Waals surface area contributed by atoms with Gasteiger partial charge in [-0.3, -0.25) is 0 Å². The van der Waals surface area contributed by atoms with Crippen molar-refractivity contribution in [1.29, 1.82) is 0 Å². The van der Waals surface area contributed by atoms with Crippen LogP contribution in [0.2, 0.25) is 0 Å². The maximum atomic E-state index is 12.0. The second-order valence-corrected chi connectivity index (χ2v) is 7.10. The van der Waals surface area contributed by atoms with Gasteiger partial charge in [-0.15, -0.1) is 0 Å². The summed E-state index contributed by atoms with van der Waals surface area (Å²) < 4.78 is 31.4. The lowest BCUT2D eigenvalue weighted by Crippen LogP contribution is -2.37. The van der Waals surface area contributed by atoms with Crippen molar-refractivity contribution < 1.29 is 17.9 Å². The number of hydrogen-bond donors (Lipinski definition) is 3. The number of nitrogens with two attached hydrogens (primary N) is 1. The van der Waals surface area contributed by atoms with Gasteiger partial charge in [0.2, 0.25) is 10.0 Å². The lowest BCUT2D eigenvalue weighted by atomic mass is 10.2. The Balaban J connectivity index is 2.46. The Hall–Kier alpha value is -1.80. The van der Waals surface area contributed by atoms with Crippen molar-refractivity contribution in [2.45, 2.75) is 31.3 Å². The van der Waals surface area contributed by atoms with Crippen molar-refractivity contribution in [3.05, 3.63) is 24.3 Å². The highest BCUT2D eigenvalue weighted by Gasteiger charge is 2.17. The van der Waals surface area contributed by atoms with E-state index < -0.39 is 21.7 Å². The molecule has 0 radical (unpaired) electrons. The summed E-state index contributed by atoms with van der Waals surface area (Å²) in [6.45, 7) is 5.38. The quantitative estimate of drug-likeness (QED) is 0.556. The van der Waals surface area contributed by atoms with E-state index in [1.54, 1.807) is 32.9 Å². The number of nitrogen functional groups attached to an aromatic ring is 1. The monoisotopic (exact) mass is 315 g/mol. The van der Waals surface area contributed by atoms with Crippen LogP contribution in [0.1, 0.15) is 20.8 Å². The van der Waals surface area contributed by atoms with E-state index >= 15 is 0 Å². The standard InChI is InChI=1S/C13H21N3O4S/c1-13(2,3)20-12(17)15-8-9-16-21(18,19)11-7-5-4-6-10(11)14/h4-7,16H,8-9,14H2,1-3H3,(H,15,17). The van der Waals surface area contributed by atoms with E-state index in [4.69, 9.17) is 10.5 Å².